The topological polar surface area (TPSA) is 9.23 Å². The minimum Gasteiger partial charge on any atom is -0.377 e. The normalized spacial score (nSPS) is 10.4. The molecule has 0 saturated heterocycles. The molecule has 78 valence electrons. The summed E-state index contributed by atoms with van der Waals surface area (Å²) in [5.74, 6) is 0.724. The van der Waals surface area contributed by atoms with Gasteiger partial charge in [0.25, 0.3) is 0 Å². The zero-order valence-corrected chi connectivity index (χ0v) is 10.4. The van der Waals surface area contributed by atoms with Crippen LogP contribution in [0, 0.1) is 0 Å². The van der Waals surface area contributed by atoms with E-state index in [1.54, 1.807) is 0 Å². The smallest absolute Gasteiger partial charge is 0.0716 e. The number of halogens is 2. The van der Waals surface area contributed by atoms with Crippen molar-refractivity contribution >= 4 is 27.5 Å². The molecule has 14 heavy (non-hydrogen) atoms. The summed E-state index contributed by atoms with van der Waals surface area (Å²) in [6.45, 7) is 1.48. The van der Waals surface area contributed by atoms with Gasteiger partial charge in [0.15, 0.2) is 0 Å². The van der Waals surface area contributed by atoms with Crippen LogP contribution in [0.25, 0.3) is 0 Å². The SMILES string of the molecule is ClCCCCOCc1ccc(Br)cc1. The van der Waals surface area contributed by atoms with Gasteiger partial charge in [-0.1, -0.05) is 28.1 Å². The zero-order valence-electron chi connectivity index (χ0n) is 8.01. The van der Waals surface area contributed by atoms with Crippen molar-refractivity contribution in [1.82, 2.24) is 0 Å². The molecule has 1 aromatic rings. The molecule has 0 bridgehead atoms. The Labute approximate surface area is 98.5 Å². The zero-order chi connectivity index (χ0) is 10.2. The molecule has 0 fully saturated rings. The summed E-state index contributed by atoms with van der Waals surface area (Å²) in [6.07, 6.45) is 2.07. The van der Waals surface area contributed by atoms with Gasteiger partial charge in [0, 0.05) is 17.0 Å². The quantitative estimate of drug-likeness (QED) is 0.564. The molecule has 0 aliphatic carbocycles. The average Bonchev–Trinajstić information content (AvgIpc) is 2.21. The Morgan fingerprint density at radius 3 is 2.50 bits per heavy atom. The van der Waals surface area contributed by atoms with Crippen molar-refractivity contribution < 1.29 is 4.74 Å². The molecule has 0 aromatic heterocycles. The lowest BCUT2D eigenvalue weighted by molar-refractivity contribution is 0.118. The predicted molar refractivity (Wildman–Crippen MR) is 63.8 cm³/mol. The van der Waals surface area contributed by atoms with E-state index < -0.39 is 0 Å². The van der Waals surface area contributed by atoms with E-state index in [1.807, 2.05) is 12.1 Å². The Kier molecular flexibility index (Phi) is 6.24. The maximum Gasteiger partial charge on any atom is 0.0716 e. The molecule has 0 heterocycles. The van der Waals surface area contributed by atoms with Gasteiger partial charge in [-0.2, -0.15) is 0 Å². The third kappa shape index (κ3) is 4.99. The van der Waals surface area contributed by atoms with Crippen LogP contribution in [-0.4, -0.2) is 12.5 Å². The Bertz CT molecular complexity index is 248. The van der Waals surface area contributed by atoms with Gasteiger partial charge in [-0.15, -0.1) is 11.6 Å². The summed E-state index contributed by atoms with van der Waals surface area (Å²) in [7, 11) is 0. The van der Waals surface area contributed by atoms with Gasteiger partial charge in [-0.25, -0.2) is 0 Å². The first-order valence-corrected chi connectivity index (χ1v) is 6.04. The molecule has 0 spiro atoms. The molecule has 0 saturated carbocycles. The van der Waals surface area contributed by atoms with Crippen molar-refractivity contribution in [3.05, 3.63) is 34.3 Å². The lowest BCUT2D eigenvalue weighted by Crippen LogP contribution is -1.95. The molecule has 0 N–H and O–H groups in total. The van der Waals surface area contributed by atoms with Gasteiger partial charge < -0.3 is 4.74 Å². The fourth-order valence-corrected chi connectivity index (χ4v) is 1.52. The molecule has 3 heteroatoms. The summed E-state index contributed by atoms with van der Waals surface area (Å²) in [5, 5.41) is 0. The third-order valence-corrected chi connectivity index (χ3v) is 2.65. The maximum atomic E-state index is 5.55. The second kappa shape index (κ2) is 7.27. The van der Waals surface area contributed by atoms with E-state index in [0.29, 0.717) is 6.61 Å². The Balaban J connectivity index is 2.15. The fourth-order valence-electron chi connectivity index (χ4n) is 1.07. The van der Waals surface area contributed by atoms with Crippen LogP contribution >= 0.6 is 27.5 Å². The molecule has 0 amide bonds. The summed E-state index contributed by atoms with van der Waals surface area (Å²) in [5.41, 5.74) is 1.21. The summed E-state index contributed by atoms with van der Waals surface area (Å²) in [6, 6.07) is 8.17. The van der Waals surface area contributed by atoms with Crippen LogP contribution in [0.5, 0.6) is 0 Å². The highest BCUT2D eigenvalue weighted by Crippen LogP contribution is 2.11. The molecular weight excluding hydrogens is 263 g/mol. The molecule has 0 unspecified atom stereocenters. The van der Waals surface area contributed by atoms with E-state index in [2.05, 4.69) is 28.1 Å². The number of alkyl halides is 1. The maximum absolute atomic E-state index is 5.55. The van der Waals surface area contributed by atoms with Crippen LogP contribution in [0.15, 0.2) is 28.7 Å². The van der Waals surface area contributed by atoms with Crippen LogP contribution in [0.4, 0.5) is 0 Å². The number of unbranched alkanes of at least 4 members (excludes halogenated alkanes) is 1. The number of ether oxygens (including phenoxy) is 1. The number of hydrogen-bond donors (Lipinski definition) is 0. The van der Waals surface area contributed by atoms with Crippen molar-refractivity contribution in [2.24, 2.45) is 0 Å². The standard InChI is InChI=1S/C11H14BrClO/c12-11-5-3-10(4-6-11)9-14-8-2-1-7-13/h3-6H,1-2,7-9H2. The van der Waals surface area contributed by atoms with Crippen molar-refractivity contribution in [1.29, 1.82) is 0 Å². The van der Waals surface area contributed by atoms with Crippen LogP contribution in [0.1, 0.15) is 18.4 Å². The van der Waals surface area contributed by atoms with Gasteiger partial charge in [0.05, 0.1) is 6.61 Å². The van der Waals surface area contributed by atoms with E-state index >= 15 is 0 Å². The van der Waals surface area contributed by atoms with E-state index in [9.17, 15) is 0 Å². The van der Waals surface area contributed by atoms with Crippen molar-refractivity contribution in [2.75, 3.05) is 12.5 Å². The molecule has 1 aromatic carbocycles. The highest BCUT2D eigenvalue weighted by atomic mass is 79.9. The summed E-state index contributed by atoms with van der Waals surface area (Å²) < 4.78 is 6.59. The van der Waals surface area contributed by atoms with Gasteiger partial charge in [-0.05, 0) is 30.5 Å². The van der Waals surface area contributed by atoms with Crippen molar-refractivity contribution in [2.45, 2.75) is 19.4 Å². The molecule has 1 rings (SSSR count). The van der Waals surface area contributed by atoms with Crippen LogP contribution in [0.2, 0.25) is 0 Å². The number of benzene rings is 1. The molecular formula is C11H14BrClO. The first kappa shape index (κ1) is 12.0. The minimum atomic E-state index is 0.690. The third-order valence-electron chi connectivity index (χ3n) is 1.85. The average molecular weight is 278 g/mol. The van der Waals surface area contributed by atoms with Gasteiger partial charge in [0.1, 0.15) is 0 Å². The van der Waals surface area contributed by atoms with Crippen LogP contribution < -0.4 is 0 Å². The second-order valence-corrected chi connectivity index (χ2v) is 4.37. The van der Waals surface area contributed by atoms with Crippen molar-refractivity contribution in [3.63, 3.8) is 0 Å². The fraction of sp³-hybridized carbons (Fsp3) is 0.455. The Hall–Kier alpha value is -0.0500. The monoisotopic (exact) mass is 276 g/mol. The van der Waals surface area contributed by atoms with E-state index in [4.69, 9.17) is 16.3 Å². The van der Waals surface area contributed by atoms with Crippen LogP contribution in [0.3, 0.4) is 0 Å². The highest BCUT2D eigenvalue weighted by molar-refractivity contribution is 9.10. The lowest BCUT2D eigenvalue weighted by Gasteiger charge is -2.03. The van der Waals surface area contributed by atoms with Gasteiger partial charge in [0.2, 0.25) is 0 Å². The lowest BCUT2D eigenvalue weighted by atomic mass is 10.2. The summed E-state index contributed by atoms with van der Waals surface area (Å²) in [4.78, 5) is 0. The first-order chi connectivity index (χ1) is 6.83. The molecule has 1 nitrogen and oxygen atoms in total. The van der Waals surface area contributed by atoms with Crippen LogP contribution in [-0.2, 0) is 11.3 Å². The van der Waals surface area contributed by atoms with E-state index in [0.717, 1.165) is 29.8 Å². The number of rotatable bonds is 6. The molecule has 0 atom stereocenters. The van der Waals surface area contributed by atoms with Gasteiger partial charge in [-0.3, -0.25) is 0 Å². The molecule has 0 radical (unpaired) electrons. The Morgan fingerprint density at radius 1 is 1.14 bits per heavy atom. The van der Waals surface area contributed by atoms with Gasteiger partial charge >= 0.3 is 0 Å². The second-order valence-electron chi connectivity index (χ2n) is 3.08. The van der Waals surface area contributed by atoms with E-state index in [-0.39, 0.29) is 0 Å². The van der Waals surface area contributed by atoms with E-state index in [1.165, 1.54) is 5.56 Å². The minimum absolute atomic E-state index is 0.690. The predicted octanol–water partition coefficient (Wildman–Crippen LogP) is 3.98. The molecule has 0 aliphatic heterocycles. The largest absolute Gasteiger partial charge is 0.377 e. The Morgan fingerprint density at radius 2 is 1.86 bits per heavy atom. The van der Waals surface area contributed by atoms with Crippen molar-refractivity contribution in [3.8, 4) is 0 Å². The summed E-state index contributed by atoms with van der Waals surface area (Å²) >= 11 is 8.95. The molecule has 0 aliphatic rings. The highest BCUT2D eigenvalue weighted by Gasteiger charge is 1.93. The number of hydrogen-bond acceptors (Lipinski definition) is 1. The first-order valence-electron chi connectivity index (χ1n) is 4.71.